The highest BCUT2D eigenvalue weighted by Crippen LogP contribution is 2.19. The van der Waals surface area contributed by atoms with Crippen LogP contribution in [-0.4, -0.2) is 22.6 Å². The summed E-state index contributed by atoms with van der Waals surface area (Å²) in [7, 11) is 0. The summed E-state index contributed by atoms with van der Waals surface area (Å²) in [5.41, 5.74) is 5.93. The van der Waals surface area contributed by atoms with Gasteiger partial charge in [0.2, 0.25) is 0 Å². The molecule has 82 valence electrons. The number of carboxylic acid groups (broad SMARTS) is 1. The molecule has 0 radical (unpaired) electrons. The van der Waals surface area contributed by atoms with Crippen molar-refractivity contribution in [3.05, 3.63) is 17.8 Å². The van der Waals surface area contributed by atoms with E-state index in [9.17, 15) is 4.79 Å². The molecule has 0 unspecified atom stereocenters. The number of hydrogen-bond acceptors (Lipinski definition) is 4. The average molecular weight is 209 g/mol. The second-order valence-electron chi connectivity index (χ2n) is 3.70. The summed E-state index contributed by atoms with van der Waals surface area (Å²) in [6, 6.07) is 1.39. The molecule has 1 heterocycles. The molecule has 1 aromatic heterocycles. The summed E-state index contributed by atoms with van der Waals surface area (Å²) in [5, 5.41) is 11.8. The molecule has 4 N–H and O–H groups in total. The van der Waals surface area contributed by atoms with Gasteiger partial charge in [-0.15, -0.1) is 0 Å². The molecule has 0 fully saturated rings. The molecule has 0 amide bonds. The van der Waals surface area contributed by atoms with Crippen molar-refractivity contribution in [1.29, 1.82) is 0 Å². The van der Waals surface area contributed by atoms with Gasteiger partial charge < -0.3 is 16.2 Å². The van der Waals surface area contributed by atoms with Crippen LogP contribution in [0.1, 0.15) is 24.2 Å². The lowest BCUT2D eigenvalue weighted by atomic mass is 10.2. The molecule has 0 saturated heterocycles. The van der Waals surface area contributed by atoms with E-state index in [0.717, 1.165) is 0 Å². The smallest absolute Gasteiger partial charge is 0.337 e. The first-order chi connectivity index (χ1) is 7.02. The van der Waals surface area contributed by atoms with Crippen LogP contribution >= 0.6 is 0 Å². The van der Waals surface area contributed by atoms with Crippen LogP contribution in [-0.2, 0) is 0 Å². The van der Waals surface area contributed by atoms with Crippen molar-refractivity contribution in [3.63, 3.8) is 0 Å². The number of nitrogens with zero attached hydrogens (tertiary/aromatic N) is 1. The molecular weight excluding hydrogens is 194 g/mol. The molecule has 1 aromatic rings. The van der Waals surface area contributed by atoms with Gasteiger partial charge in [-0.1, -0.05) is 13.8 Å². The molecule has 5 heteroatoms. The lowest BCUT2D eigenvalue weighted by molar-refractivity contribution is 0.0698. The second kappa shape index (κ2) is 4.63. The maximum Gasteiger partial charge on any atom is 0.337 e. The van der Waals surface area contributed by atoms with Gasteiger partial charge in [0.25, 0.3) is 0 Å². The molecule has 15 heavy (non-hydrogen) atoms. The zero-order valence-corrected chi connectivity index (χ0v) is 8.82. The van der Waals surface area contributed by atoms with E-state index in [-0.39, 0.29) is 11.3 Å². The van der Waals surface area contributed by atoms with E-state index >= 15 is 0 Å². The highest BCUT2D eigenvalue weighted by atomic mass is 16.4. The van der Waals surface area contributed by atoms with E-state index in [1.807, 2.05) is 13.8 Å². The molecule has 0 bridgehead atoms. The summed E-state index contributed by atoms with van der Waals surface area (Å²) < 4.78 is 0. The van der Waals surface area contributed by atoms with Gasteiger partial charge in [-0.2, -0.15) is 0 Å². The number of nitrogens with one attached hydrogen (secondary N) is 1. The van der Waals surface area contributed by atoms with Gasteiger partial charge >= 0.3 is 5.97 Å². The lowest BCUT2D eigenvalue weighted by Crippen LogP contribution is -2.13. The maximum atomic E-state index is 10.8. The lowest BCUT2D eigenvalue weighted by Gasteiger charge is -2.11. The van der Waals surface area contributed by atoms with Crippen LogP contribution in [0.2, 0.25) is 0 Å². The summed E-state index contributed by atoms with van der Waals surface area (Å²) in [5.74, 6) is -0.161. The predicted molar refractivity (Wildman–Crippen MR) is 58.9 cm³/mol. The Balaban J connectivity index is 2.89. The quantitative estimate of drug-likeness (QED) is 0.698. The third-order valence-corrected chi connectivity index (χ3v) is 1.90. The Morgan fingerprint density at radius 3 is 2.87 bits per heavy atom. The van der Waals surface area contributed by atoms with Crippen LogP contribution in [0, 0.1) is 5.92 Å². The van der Waals surface area contributed by atoms with E-state index < -0.39 is 5.97 Å². The Hall–Kier alpha value is -1.78. The van der Waals surface area contributed by atoms with Gasteiger partial charge in [-0.3, -0.25) is 0 Å². The van der Waals surface area contributed by atoms with E-state index in [1.165, 1.54) is 12.3 Å². The number of pyridine rings is 1. The standard InChI is InChI=1S/C10H15N3O2/c1-6(2)5-13-9-8(11)7(10(14)15)3-4-12-9/h3-4,6H,5,11H2,1-2H3,(H,12,13)(H,14,15). The Bertz CT molecular complexity index is 364. The van der Waals surface area contributed by atoms with Gasteiger partial charge in [0.15, 0.2) is 0 Å². The Morgan fingerprint density at radius 2 is 2.33 bits per heavy atom. The van der Waals surface area contributed by atoms with Crippen LogP contribution in [0.15, 0.2) is 12.3 Å². The number of nitrogen functional groups attached to an aromatic ring is 1. The first-order valence-corrected chi connectivity index (χ1v) is 4.74. The number of aromatic carboxylic acids is 1. The second-order valence-corrected chi connectivity index (χ2v) is 3.70. The third-order valence-electron chi connectivity index (χ3n) is 1.90. The van der Waals surface area contributed by atoms with Gasteiger partial charge in [0.1, 0.15) is 5.82 Å². The monoisotopic (exact) mass is 209 g/mol. The van der Waals surface area contributed by atoms with E-state index in [2.05, 4.69) is 10.3 Å². The topological polar surface area (TPSA) is 88.2 Å². The van der Waals surface area contributed by atoms with Crippen LogP contribution in [0.25, 0.3) is 0 Å². The van der Waals surface area contributed by atoms with Crippen LogP contribution in [0.3, 0.4) is 0 Å². The minimum Gasteiger partial charge on any atom is -0.478 e. The first kappa shape index (κ1) is 11.3. The van der Waals surface area contributed by atoms with Crippen molar-refractivity contribution < 1.29 is 9.90 Å². The average Bonchev–Trinajstić information content (AvgIpc) is 2.15. The number of carbonyl (C=O) groups is 1. The molecule has 0 spiro atoms. The normalized spacial score (nSPS) is 10.3. The van der Waals surface area contributed by atoms with Crippen LogP contribution in [0.5, 0.6) is 0 Å². The molecule has 1 rings (SSSR count). The van der Waals surface area contributed by atoms with Gasteiger partial charge in [0.05, 0.1) is 11.3 Å². The molecule has 5 nitrogen and oxygen atoms in total. The van der Waals surface area contributed by atoms with Crippen molar-refractivity contribution in [2.24, 2.45) is 5.92 Å². The Morgan fingerprint density at radius 1 is 1.67 bits per heavy atom. The highest BCUT2D eigenvalue weighted by molar-refractivity contribution is 5.96. The first-order valence-electron chi connectivity index (χ1n) is 4.74. The molecule has 0 saturated carbocycles. The molecule has 0 atom stereocenters. The highest BCUT2D eigenvalue weighted by Gasteiger charge is 2.11. The fraction of sp³-hybridized carbons (Fsp3) is 0.400. The molecule has 0 aliphatic heterocycles. The summed E-state index contributed by atoms with van der Waals surface area (Å²) >= 11 is 0. The van der Waals surface area contributed by atoms with Crippen LogP contribution < -0.4 is 11.1 Å². The van der Waals surface area contributed by atoms with Gasteiger partial charge in [0, 0.05) is 12.7 Å². The van der Waals surface area contributed by atoms with Crippen molar-refractivity contribution in [3.8, 4) is 0 Å². The number of anilines is 2. The number of nitrogens with two attached hydrogens (primary N) is 1. The van der Waals surface area contributed by atoms with Crippen molar-refractivity contribution in [2.75, 3.05) is 17.6 Å². The zero-order chi connectivity index (χ0) is 11.4. The number of hydrogen-bond donors (Lipinski definition) is 3. The van der Waals surface area contributed by atoms with Crippen molar-refractivity contribution in [2.45, 2.75) is 13.8 Å². The molecule has 0 aliphatic carbocycles. The van der Waals surface area contributed by atoms with Crippen molar-refractivity contribution in [1.82, 2.24) is 4.98 Å². The van der Waals surface area contributed by atoms with E-state index in [0.29, 0.717) is 18.3 Å². The molecule has 0 aliphatic rings. The SMILES string of the molecule is CC(C)CNc1nccc(C(=O)O)c1N. The van der Waals surface area contributed by atoms with Gasteiger partial charge in [-0.05, 0) is 12.0 Å². The summed E-state index contributed by atoms with van der Waals surface area (Å²) in [6.07, 6.45) is 1.43. The van der Waals surface area contributed by atoms with Crippen molar-refractivity contribution >= 4 is 17.5 Å². The van der Waals surface area contributed by atoms with E-state index in [1.54, 1.807) is 0 Å². The van der Waals surface area contributed by atoms with Crippen LogP contribution in [0.4, 0.5) is 11.5 Å². The third kappa shape index (κ3) is 2.83. The molecule has 0 aromatic carbocycles. The fourth-order valence-electron chi connectivity index (χ4n) is 1.10. The maximum absolute atomic E-state index is 10.8. The zero-order valence-electron chi connectivity index (χ0n) is 8.82. The minimum atomic E-state index is -1.04. The molecular formula is C10H15N3O2. The fourth-order valence-corrected chi connectivity index (χ4v) is 1.10. The largest absolute Gasteiger partial charge is 0.478 e. The number of rotatable bonds is 4. The predicted octanol–water partition coefficient (Wildman–Crippen LogP) is 1.43. The summed E-state index contributed by atoms with van der Waals surface area (Å²) in [4.78, 5) is 14.8. The Kier molecular flexibility index (Phi) is 3.49. The number of carboxylic acids is 1. The number of aromatic nitrogens is 1. The van der Waals surface area contributed by atoms with E-state index in [4.69, 9.17) is 10.8 Å². The Labute approximate surface area is 88.3 Å². The van der Waals surface area contributed by atoms with Gasteiger partial charge in [-0.25, -0.2) is 9.78 Å². The summed E-state index contributed by atoms with van der Waals surface area (Å²) in [6.45, 7) is 4.80. The minimum absolute atomic E-state index is 0.0799.